The monoisotopic (exact) mass is 722 g/mol. The number of hydrogen-bond acceptors (Lipinski definition) is 12. The summed E-state index contributed by atoms with van der Waals surface area (Å²) >= 11 is 0. The number of carboxylic acid groups (broad SMARTS) is 1. The standard InChI is InChI=1S/C34H38N6O8S2/c1-4-14-40(20-22-5-10-27-26(19-22)32(45)39-34(35)38-27)24-8-6-23(7-9-24)31(44)37-28(33(46)47)11-12-29(42)48-15-17-50-49-16-13-25(41)18-21(2)30(43)36-3/h1-2,5-10,19,21,28H,11-18,20H2,3H3,(H,36,43)(H,37,44)(H,46,47)(H3,35,38,39,45)/t21-,28+/m1/s1. The molecular weight excluding hydrogens is 685 g/mol. The first-order chi connectivity index (χ1) is 23.9. The highest BCUT2D eigenvalue weighted by atomic mass is 33.1. The zero-order valence-corrected chi connectivity index (χ0v) is 28.9. The summed E-state index contributed by atoms with van der Waals surface area (Å²) in [6.07, 6.45) is 5.42. The van der Waals surface area contributed by atoms with E-state index in [4.69, 9.17) is 23.8 Å². The third kappa shape index (κ3) is 12.5. The van der Waals surface area contributed by atoms with Crippen molar-refractivity contribution in [1.29, 1.82) is 0 Å². The lowest BCUT2D eigenvalue weighted by Crippen LogP contribution is -2.41. The highest BCUT2D eigenvalue weighted by Gasteiger charge is 2.22. The van der Waals surface area contributed by atoms with E-state index in [2.05, 4.69) is 26.5 Å². The van der Waals surface area contributed by atoms with Gasteiger partial charge in [0.05, 0.1) is 17.4 Å². The number of nitrogens with one attached hydrogen (secondary N) is 3. The number of ketones is 1. The maximum absolute atomic E-state index is 12.9. The predicted molar refractivity (Wildman–Crippen MR) is 193 cm³/mol. The molecule has 0 aliphatic rings. The normalized spacial score (nSPS) is 11.9. The maximum atomic E-state index is 12.9. The van der Waals surface area contributed by atoms with Gasteiger partial charge in [-0.3, -0.25) is 29.0 Å². The minimum atomic E-state index is -1.33. The molecule has 6 N–H and O–H groups in total. The fourth-order valence-corrected chi connectivity index (χ4v) is 6.48. The van der Waals surface area contributed by atoms with Gasteiger partial charge in [0.1, 0.15) is 18.4 Å². The Bertz CT molecular complexity index is 1780. The van der Waals surface area contributed by atoms with E-state index in [1.54, 1.807) is 24.3 Å². The van der Waals surface area contributed by atoms with Crippen molar-refractivity contribution in [3.8, 4) is 12.3 Å². The van der Waals surface area contributed by atoms with Crippen LogP contribution in [0.5, 0.6) is 0 Å². The first-order valence-electron chi connectivity index (χ1n) is 15.4. The van der Waals surface area contributed by atoms with Crippen molar-refractivity contribution in [1.82, 2.24) is 20.6 Å². The predicted octanol–water partition coefficient (Wildman–Crippen LogP) is 2.46. The molecule has 0 spiro atoms. The van der Waals surface area contributed by atoms with Gasteiger partial charge in [-0.2, -0.15) is 0 Å². The summed E-state index contributed by atoms with van der Waals surface area (Å²) in [5.41, 5.74) is 7.41. The lowest BCUT2D eigenvalue weighted by Gasteiger charge is -2.23. The van der Waals surface area contributed by atoms with Gasteiger partial charge in [-0.25, -0.2) is 9.78 Å². The number of rotatable bonds is 20. The van der Waals surface area contributed by atoms with E-state index in [-0.39, 0.29) is 61.7 Å². The molecular formula is C34H38N6O8S2. The number of aromatic nitrogens is 2. The molecule has 16 heteroatoms. The third-order valence-electron chi connectivity index (χ3n) is 7.19. The fraction of sp³-hybridized carbons (Fsp3) is 0.353. The van der Waals surface area contributed by atoms with Crippen LogP contribution in [0.3, 0.4) is 0 Å². The number of hydrogen-bond donors (Lipinski definition) is 5. The minimum absolute atomic E-state index is 0.0233. The number of nitrogens with two attached hydrogens (primary N) is 1. The molecule has 3 aromatic rings. The molecule has 2 radical (unpaired) electrons. The zero-order chi connectivity index (χ0) is 36.6. The van der Waals surface area contributed by atoms with Gasteiger partial charge in [0.25, 0.3) is 11.5 Å². The molecule has 1 aromatic heterocycles. The van der Waals surface area contributed by atoms with Crippen LogP contribution in [0.25, 0.3) is 10.9 Å². The molecule has 2 amide bonds. The summed E-state index contributed by atoms with van der Waals surface area (Å²) in [6, 6.07) is 10.3. The number of esters is 1. The molecule has 2 atom stereocenters. The molecule has 0 aliphatic heterocycles. The number of nitrogens with zero attached hydrogens (tertiary/aromatic N) is 2. The van der Waals surface area contributed by atoms with Gasteiger partial charge in [-0.05, 0) is 55.3 Å². The lowest BCUT2D eigenvalue weighted by atomic mass is 10.0. The number of aromatic amines is 1. The fourth-order valence-electron chi connectivity index (χ4n) is 4.62. The van der Waals surface area contributed by atoms with Crippen molar-refractivity contribution < 1.29 is 33.8 Å². The Labute approximate surface area is 297 Å². The van der Waals surface area contributed by atoms with Crippen molar-refractivity contribution in [2.24, 2.45) is 5.92 Å². The molecule has 0 aliphatic carbocycles. The van der Waals surface area contributed by atoms with Crippen LogP contribution in [0.15, 0.2) is 47.3 Å². The van der Waals surface area contributed by atoms with Crippen molar-refractivity contribution in [2.45, 2.75) is 38.3 Å². The number of benzene rings is 2. The number of nitrogen functional groups attached to an aromatic ring is 1. The number of terminal acetylenes is 1. The molecule has 3 rings (SSSR count). The second-order valence-corrected chi connectivity index (χ2v) is 13.6. The number of anilines is 2. The van der Waals surface area contributed by atoms with Crippen molar-refractivity contribution >= 4 is 73.7 Å². The molecule has 2 aromatic carbocycles. The summed E-state index contributed by atoms with van der Waals surface area (Å²) in [5, 5.41) is 14.9. The number of fused-ring (bicyclic) bond motifs is 1. The first-order valence-corrected chi connectivity index (χ1v) is 17.9. The van der Waals surface area contributed by atoms with Crippen LogP contribution in [0.2, 0.25) is 0 Å². The Hall–Kier alpha value is -5.01. The number of ether oxygens (including phenoxy) is 1. The summed E-state index contributed by atoms with van der Waals surface area (Å²) in [6.45, 7) is 6.30. The molecule has 14 nitrogen and oxygen atoms in total. The van der Waals surface area contributed by atoms with Crippen LogP contribution in [0.1, 0.15) is 41.6 Å². The largest absolute Gasteiger partial charge is 0.480 e. The number of carbonyl (C=O) groups is 5. The van der Waals surface area contributed by atoms with E-state index in [0.29, 0.717) is 34.6 Å². The summed E-state index contributed by atoms with van der Waals surface area (Å²) in [4.78, 5) is 81.0. The molecule has 0 bridgehead atoms. The molecule has 0 fully saturated rings. The SMILES string of the molecule is [CH][C@H](CC(=O)CCSSCCOC(=O)CC[C@H](NC(=O)c1ccc(N(CC#C)Cc2ccc3nc(N)[nH]c(=O)c3c2)cc1)C(=O)O)C(=O)NC. The number of H-pyrrole nitrogens is 1. The van der Waals surface area contributed by atoms with Gasteiger partial charge in [0.2, 0.25) is 11.9 Å². The Kier molecular flexibility index (Phi) is 15.7. The van der Waals surface area contributed by atoms with Crippen molar-refractivity contribution in [2.75, 3.05) is 42.3 Å². The van der Waals surface area contributed by atoms with Crippen LogP contribution in [-0.4, -0.2) is 82.4 Å². The number of carbonyl (C=O) groups excluding carboxylic acids is 4. The second kappa shape index (κ2) is 19.9. The van der Waals surface area contributed by atoms with Gasteiger partial charge in [-0.1, -0.05) is 33.6 Å². The van der Waals surface area contributed by atoms with Gasteiger partial charge in [0.15, 0.2) is 0 Å². The van der Waals surface area contributed by atoms with Gasteiger partial charge < -0.3 is 31.1 Å². The molecule has 1 heterocycles. The van der Waals surface area contributed by atoms with Crippen molar-refractivity contribution in [3.63, 3.8) is 0 Å². The number of carboxylic acids is 1. The van der Waals surface area contributed by atoms with Gasteiger partial charge in [0, 0.05) is 61.5 Å². The van der Waals surface area contributed by atoms with Crippen LogP contribution in [0, 0.1) is 25.2 Å². The smallest absolute Gasteiger partial charge is 0.326 e. The molecule has 0 saturated carbocycles. The Morgan fingerprint density at radius 2 is 1.82 bits per heavy atom. The van der Waals surface area contributed by atoms with Crippen LogP contribution in [0.4, 0.5) is 11.6 Å². The number of aliphatic carboxylic acids is 1. The van der Waals surface area contributed by atoms with Crippen molar-refractivity contribution in [3.05, 3.63) is 70.9 Å². The Morgan fingerprint density at radius 1 is 1.10 bits per heavy atom. The highest BCUT2D eigenvalue weighted by molar-refractivity contribution is 8.76. The van der Waals surface area contributed by atoms with E-state index >= 15 is 0 Å². The van der Waals surface area contributed by atoms with E-state index in [0.717, 1.165) is 5.56 Å². The van der Waals surface area contributed by atoms with E-state index < -0.39 is 35.7 Å². The van der Waals surface area contributed by atoms with Gasteiger partial charge in [-0.15, -0.1) is 6.42 Å². The lowest BCUT2D eigenvalue weighted by molar-refractivity contribution is -0.144. The first kappa shape index (κ1) is 39.4. The molecule has 0 unspecified atom stereocenters. The van der Waals surface area contributed by atoms with E-state index in [1.165, 1.54) is 40.8 Å². The number of Topliss-reactive ketones (excluding diaryl/α,β-unsaturated/α-hetero) is 1. The maximum Gasteiger partial charge on any atom is 0.326 e. The summed E-state index contributed by atoms with van der Waals surface area (Å²) in [5.74, 6) is -0.348. The third-order valence-corrected chi connectivity index (χ3v) is 9.56. The summed E-state index contributed by atoms with van der Waals surface area (Å²) in [7, 11) is 4.27. The van der Waals surface area contributed by atoms with E-state index in [1.807, 2.05) is 11.0 Å². The van der Waals surface area contributed by atoms with Crippen LogP contribution < -0.4 is 26.8 Å². The quantitative estimate of drug-likeness (QED) is 0.0491. The molecule has 264 valence electrons. The average molecular weight is 723 g/mol. The van der Waals surface area contributed by atoms with Crippen LogP contribution in [-0.2, 0) is 30.5 Å². The molecule has 50 heavy (non-hydrogen) atoms. The highest BCUT2D eigenvalue weighted by Crippen LogP contribution is 2.23. The van der Waals surface area contributed by atoms with Gasteiger partial charge >= 0.3 is 11.9 Å². The number of amides is 2. The average Bonchev–Trinajstić information content (AvgIpc) is 3.09. The zero-order valence-electron chi connectivity index (χ0n) is 27.3. The van der Waals surface area contributed by atoms with E-state index in [9.17, 15) is 33.9 Å². The minimum Gasteiger partial charge on any atom is -0.480 e. The molecule has 0 saturated heterocycles. The summed E-state index contributed by atoms with van der Waals surface area (Å²) < 4.78 is 5.16. The Balaban J connectivity index is 1.43. The Morgan fingerprint density at radius 3 is 2.50 bits per heavy atom. The second-order valence-electron chi connectivity index (χ2n) is 10.9. The topological polar surface area (TPSA) is 214 Å². The van der Waals surface area contributed by atoms with Crippen LogP contribution >= 0.6 is 21.6 Å².